The molecule has 3 heterocycles. The van der Waals surface area contributed by atoms with E-state index < -0.39 is 0 Å². The van der Waals surface area contributed by atoms with Crippen LogP contribution in [0.25, 0.3) is 28.0 Å². The number of fused-ring (bicyclic) bond motifs is 1. The van der Waals surface area contributed by atoms with E-state index in [9.17, 15) is 5.11 Å². The van der Waals surface area contributed by atoms with Crippen molar-refractivity contribution in [2.24, 2.45) is 5.73 Å². The molecule has 0 aliphatic rings. The Labute approximate surface area is 151 Å². The second kappa shape index (κ2) is 7.03. The first kappa shape index (κ1) is 16.4. The first-order chi connectivity index (χ1) is 12.8. The molecule has 3 N–H and O–H groups in total. The van der Waals surface area contributed by atoms with Crippen molar-refractivity contribution in [3.63, 3.8) is 0 Å². The summed E-state index contributed by atoms with van der Waals surface area (Å²) in [6.07, 6.45) is 2.57. The fourth-order valence-corrected chi connectivity index (χ4v) is 2.96. The van der Waals surface area contributed by atoms with Gasteiger partial charge in [0.25, 0.3) is 0 Å². The van der Waals surface area contributed by atoms with Gasteiger partial charge < -0.3 is 10.8 Å². The molecule has 3 aromatic heterocycles. The van der Waals surface area contributed by atoms with Gasteiger partial charge in [0.2, 0.25) is 0 Å². The van der Waals surface area contributed by atoms with Gasteiger partial charge >= 0.3 is 0 Å². The predicted octanol–water partition coefficient (Wildman–Crippen LogP) is 2.48. The third kappa shape index (κ3) is 3.08. The smallest absolute Gasteiger partial charge is 0.154 e. The van der Waals surface area contributed by atoms with Crippen LogP contribution in [0.4, 0.5) is 0 Å². The van der Waals surface area contributed by atoms with Gasteiger partial charge in [0, 0.05) is 23.1 Å². The molecule has 4 aromatic rings. The van der Waals surface area contributed by atoms with Crippen LogP contribution in [0.5, 0.6) is 0 Å². The van der Waals surface area contributed by atoms with Crippen molar-refractivity contribution in [3.8, 4) is 17.1 Å². The lowest BCUT2D eigenvalue weighted by atomic mass is 10.1. The van der Waals surface area contributed by atoms with Crippen molar-refractivity contribution >= 4 is 10.9 Å². The Morgan fingerprint density at radius 3 is 2.65 bits per heavy atom. The summed E-state index contributed by atoms with van der Waals surface area (Å²) in [6.45, 7) is 0.477. The van der Waals surface area contributed by atoms with E-state index in [0.29, 0.717) is 18.1 Å². The van der Waals surface area contributed by atoms with E-state index in [-0.39, 0.29) is 6.61 Å². The standard InChI is InChI=1S/C20H19N5O/c21-10-9-16-3-1-5-18(23-16)14-7-8-15-12-22-25(19(15)11-14)20-6-2-4-17(13-26)24-20/h1-8,11-12,26H,9-10,13,21H2. The Bertz CT molecular complexity index is 1060. The minimum Gasteiger partial charge on any atom is -0.390 e. The van der Waals surface area contributed by atoms with E-state index in [4.69, 9.17) is 10.7 Å². The molecule has 26 heavy (non-hydrogen) atoms. The normalized spacial score (nSPS) is 11.2. The van der Waals surface area contributed by atoms with Gasteiger partial charge in [-0.2, -0.15) is 5.10 Å². The molecule has 6 nitrogen and oxygen atoms in total. The average molecular weight is 345 g/mol. The molecule has 130 valence electrons. The third-order valence-corrected chi connectivity index (χ3v) is 4.24. The van der Waals surface area contributed by atoms with Crippen LogP contribution < -0.4 is 5.73 Å². The van der Waals surface area contributed by atoms with Crippen molar-refractivity contribution in [1.82, 2.24) is 19.7 Å². The highest BCUT2D eigenvalue weighted by Crippen LogP contribution is 2.25. The Hall–Kier alpha value is -3.09. The fraction of sp³-hybridized carbons (Fsp3) is 0.150. The maximum Gasteiger partial charge on any atom is 0.154 e. The van der Waals surface area contributed by atoms with Crippen LogP contribution in [0.15, 0.2) is 60.8 Å². The van der Waals surface area contributed by atoms with Gasteiger partial charge in [-0.25, -0.2) is 9.67 Å². The summed E-state index contributed by atoms with van der Waals surface area (Å²) in [7, 11) is 0. The van der Waals surface area contributed by atoms with E-state index in [1.54, 1.807) is 10.7 Å². The van der Waals surface area contributed by atoms with Gasteiger partial charge in [0.15, 0.2) is 5.82 Å². The molecule has 0 fully saturated rings. The van der Waals surface area contributed by atoms with Crippen molar-refractivity contribution in [2.75, 3.05) is 6.54 Å². The molecule has 0 spiro atoms. The number of hydrogen-bond acceptors (Lipinski definition) is 5. The molecule has 0 aliphatic carbocycles. The number of benzene rings is 1. The molecule has 0 radical (unpaired) electrons. The Kier molecular flexibility index (Phi) is 4.43. The lowest BCUT2D eigenvalue weighted by molar-refractivity contribution is 0.276. The zero-order valence-electron chi connectivity index (χ0n) is 14.2. The first-order valence-electron chi connectivity index (χ1n) is 8.50. The van der Waals surface area contributed by atoms with Crippen LogP contribution in [0, 0.1) is 0 Å². The quantitative estimate of drug-likeness (QED) is 0.580. The molecule has 4 rings (SSSR count). The molecule has 0 aliphatic heterocycles. The lowest BCUT2D eigenvalue weighted by Crippen LogP contribution is -2.04. The van der Waals surface area contributed by atoms with Crippen LogP contribution in [-0.2, 0) is 13.0 Å². The topological polar surface area (TPSA) is 89.8 Å². The van der Waals surface area contributed by atoms with E-state index in [2.05, 4.69) is 16.1 Å². The summed E-state index contributed by atoms with van der Waals surface area (Å²) in [5, 5.41) is 14.8. The summed E-state index contributed by atoms with van der Waals surface area (Å²) >= 11 is 0. The minimum atomic E-state index is -0.101. The number of aliphatic hydroxyl groups excluding tert-OH is 1. The molecule has 0 atom stereocenters. The summed E-state index contributed by atoms with van der Waals surface area (Å²) in [5.41, 5.74) is 10.1. The number of nitrogens with two attached hydrogens (primary N) is 1. The van der Waals surface area contributed by atoms with Crippen molar-refractivity contribution < 1.29 is 5.11 Å². The number of pyridine rings is 2. The largest absolute Gasteiger partial charge is 0.390 e. The number of aliphatic hydroxyl groups is 1. The number of hydrogen-bond donors (Lipinski definition) is 2. The lowest BCUT2D eigenvalue weighted by Gasteiger charge is -2.07. The van der Waals surface area contributed by atoms with Gasteiger partial charge in [0.1, 0.15) is 0 Å². The highest BCUT2D eigenvalue weighted by Gasteiger charge is 2.09. The van der Waals surface area contributed by atoms with Gasteiger partial charge in [-0.3, -0.25) is 4.98 Å². The molecule has 1 aromatic carbocycles. The van der Waals surface area contributed by atoms with E-state index >= 15 is 0 Å². The van der Waals surface area contributed by atoms with Crippen LogP contribution in [0.1, 0.15) is 11.4 Å². The molecule has 0 saturated heterocycles. The number of aromatic nitrogens is 4. The minimum absolute atomic E-state index is 0.101. The average Bonchev–Trinajstić information content (AvgIpc) is 3.12. The van der Waals surface area contributed by atoms with E-state index in [1.807, 2.05) is 48.7 Å². The van der Waals surface area contributed by atoms with Crippen molar-refractivity contribution in [1.29, 1.82) is 0 Å². The zero-order valence-corrected chi connectivity index (χ0v) is 14.2. The molecule has 0 bridgehead atoms. The van der Waals surface area contributed by atoms with Gasteiger partial charge in [-0.05, 0) is 36.9 Å². The van der Waals surface area contributed by atoms with Gasteiger partial charge in [-0.1, -0.05) is 24.3 Å². The SMILES string of the molecule is NCCc1cccc(-c2ccc3cnn(-c4cccc(CO)n4)c3c2)n1. The Morgan fingerprint density at radius 1 is 0.962 bits per heavy atom. The second-order valence-corrected chi connectivity index (χ2v) is 6.03. The highest BCUT2D eigenvalue weighted by molar-refractivity contribution is 5.84. The van der Waals surface area contributed by atoms with E-state index in [0.717, 1.165) is 34.3 Å². The third-order valence-electron chi connectivity index (χ3n) is 4.24. The van der Waals surface area contributed by atoms with E-state index in [1.165, 1.54) is 0 Å². The van der Waals surface area contributed by atoms with Crippen LogP contribution >= 0.6 is 0 Å². The van der Waals surface area contributed by atoms with Crippen LogP contribution in [-0.4, -0.2) is 31.4 Å². The Balaban J connectivity index is 1.81. The molecule has 0 unspecified atom stereocenters. The van der Waals surface area contributed by atoms with Crippen molar-refractivity contribution in [3.05, 3.63) is 72.2 Å². The highest BCUT2D eigenvalue weighted by atomic mass is 16.3. The van der Waals surface area contributed by atoms with Crippen LogP contribution in [0.2, 0.25) is 0 Å². The molecule has 0 saturated carbocycles. The summed E-state index contributed by atoms with van der Waals surface area (Å²) in [4.78, 5) is 9.14. The molecular weight excluding hydrogens is 326 g/mol. The molecule has 6 heteroatoms. The monoisotopic (exact) mass is 345 g/mol. The fourth-order valence-electron chi connectivity index (χ4n) is 2.96. The summed E-state index contributed by atoms with van der Waals surface area (Å²) in [6, 6.07) is 17.6. The maximum atomic E-state index is 9.33. The zero-order chi connectivity index (χ0) is 17.9. The first-order valence-corrected chi connectivity index (χ1v) is 8.50. The second-order valence-electron chi connectivity index (χ2n) is 6.03. The number of rotatable bonds is 5. The predicted molar refractivity (Wildman–Crippen MR) is 101 cm³/mol. The number of nitrogens with zero attached hydrogens (tertiary/aromatic N) is 4. The van der Waals surface area contributed by atoms with Gasteiger partial charge in [0.05, 0.1) is 29.7 Å². The summed E-state index contributed by atoms with van der Waals surface area (Å²) in [5.74, 6) is 0.675. The van der Waals surface area contributed by atoms with Crippen molar-refractivity contribution in [2.45, 2.75) is 13.0 Å². The van der Waals surface area contributed by atoms with Gasteiger partial charge in [-0.15, -0.1) is 0 Å². The van der Waals surface area contributed by atoms with Crippen LogP contribution in [0.3, 0.4) is 0 Å². The molecule has 0 amide bonds. The Morgan fingerprint density at radius 2 is 1.81 bits per heavy atom. The summed E-state index contributed by atoms with van der Waals surface area (Å²) < 4.78 is 1.78. The maximum absolute atomic E-state index is 9.33. The molecular formula is C20H19N5O.